The first kappa shape index (κ1) is 56.0. The van der Waals surface area contributed by atoms with E-state index in [1.165, 1.54) is 85.6 Å². The Balaban J connectivity index is 1.22. The van der Waals surface area contributed by atoms with Crippen molar-refractivity contribution in [1.29, 1.82) is 0 Å². The Hall–Kier alpha value is -7.22. The fourth-order valence-corrected chi connectivity index (χ4v) is 12.1. The number of Topliss-reactive ketones (excluding diaryl/α,β-unsaturated/α-hetero) is 1. The molecular weight excluding hydrogens is 1110 g/mol. The number of allylic oxidation sites excluding steroid dienone is 2. The molecular formula is C48H47N13O10S6. The lowest BCUT2D eigenvalue weighted by Gasteiger charge is -2.24. The van der Waals surface area contributed by atoms with Crippen LogP contribution in [0.15, 0.2) is 92.2 Å². The van der Waals surface area contributed by atoms with Crippen LogP contribution in [0.3, 0.4) is 0 Å². The highest BCUT2D eigenvalue weighted by Gasteiger charge is 2.33. The molecule has 23 nitrogen and oxygen atoms in total. The van der Waals surface area contributed by atoms with E-state index < -0.39 is 71.3 Å². The van der Waals surface area contributed by atoms with E-state index in [0.717, 1.165) is 45.3 Å². The van der Waals surface area contributed by atoms with Crippen molar-refractivity contribution >= 4 is 115 Å². The van der Waals surface area contributed by atoms with Crippen LogP contribution < -0.4 is 0 Å². The third-order valence-electron chi connectivity index (χ3n) is 10.8. The van der Waals surface area contributed by atoms with Crippen molar-refractivity contribution in [3.8, 4) is 43.4 Å². The largest absolute Gasteiger partial charge is 0.495 e. The third kappa shape index (κ3) is 12.8. The number of thiazole rings is 6. The Kier molecular flexibility index (Phi) is 17.1. The van der Waals surface area contributed by atoms with Gasteiger partial charge in [-0.1, -0.05) is 12.2 Å². The second-order valence-corrected chi connectivity index (χ2v) is 22.5. The number of pyridine rings is 1. The number of aliphatic hydroxyl groups is 9. The maximum Gasteiger partial charge on any atom is 0.239 e. The van der Waals surface area contributed by atoms with Crippen molar-refractivity contribution in [3.63, 3.8) is 0 Å². The second kappa shape index (κ2) is 23.6. The van der Waals surface area contributed by atoms with E-state index in [0.29, 0.717) is 43.4 Å². The maximum atomic E-state index is 11.4. The maximum absolute atomic E-state index is 11.4. The normalized spacial score (nSPS) is 18.8. The zero-order chi connectivity index (χ0) is 55.5. The molecule has 0 fully saturated rings. The summed E-state index contributed by atoms with van der Waals surface area (Å²) in [5.41, 5.74) is 0.497. The molecule has 0 amide bonds. The standard InChI is InChI=1S/C48H47N13O10S6/c1-8-23(36(65)49-12-19(3)62)51-37(66)27-15-74-45(56-27)31-18-75-44(58-31)25-11-10-22-34(50-25)26-13-76-46(53-26)33(21(5)64)60-39(68)29-17-77-47(57-29)35(48(6,7)71)61-40(69)30-16-73-43(55-30)24(9-2)52-41(70)32(20(4)63)59-38(67)28-14-72-42(22)54-28/h8-11,13-18,20-21,32-33,35,63-64,71H,12H2,1-7H3,(H,49,65)(H,51,66)(H,52,70)(H,59,67)(H,60,68)(H,61,69). The number of hydrogen-bond donors (Lipinski definition) is 9. The fourth-order valence-electron chi connectivity index (χ4n) is 6.93. The minimum absolute atomic E-state index is 0.0000870. The van der Waals surface area contributed by atoms with Gasteiger partial charge in [-0.2, -0.15) is 0 Å². The number of fused-ring (bicyclic) bond motifs is 11. The molecule has 8 heterocycles. The third-order valence-corrected chi connectivity index (χ3v) is 16.1. The molecule has 1 aliphatic heterocycles. The number of hydrogen-bond acceptors (Lipinski definition) is 23. The molecule has 8 rings (SSSR count). The SMILES string of the molecule is CC=C(N=C(O)c1csc(-c2csc(-c3ccc4c(n3)-c3csc(n3)C(C(C)O)N=C(O)c3csc(n3)C(C(C)(C)O)N=C(O)c3csc(n3)C(=CC)N=C(O)C(C(C)O)N=C(O)c3csc-4n3)n2)n1)C(O)=NCC(C)=O. The molecule has 400 valence electrons. The summed E-state index contributed by atoms with van der Waals surface area (Å²) in [6, 6.07) is -0.310. The first-order chi connectivity index (χ1) is 36.6. The van der Waals surface area contributed by atoms with Gasteiger partial charge in [0.2, 0.25) is 35.4 Å². The van der Waals surface area contributed by atoms with Crippen LogP contribution in [0.2, 0.25) is 0 Å². The zero-order valence-electron chi connectivity index (χ0n) is 41.6. The van der Waals surface area contributed by atoms with E-state index in [2.05, 4.69) is 49.9 Å². The molecule has 0 saturated carbocycles. The van der Waals surface area contributed by atoms with Crippen molar-refractivity contribution in [2.24, 2.45) is 30.0 Å². The number of ketones is 1. The molecule has 0 spiro atoms. The Labute approximate surface area is 462 Å². The number of aliphatic imine (C=N–C) groups is 6. The van der Waals surface area contributed by atoms with Crippen LogP contribution in [0.25, 0.3) is 49.1 Å². The molecule has 7 aromatic heterocycles. The molecule has 0 aromatic carbocycles. The van der Waals surface area contributed by atoms with Gasteiger partial charge in [-0.3, -0.25) is 4.79 Å². The number of carbonyl (C=O) groups is 1. The quantitative estimate of drug-likeness (QED) is 0.0456. The first-order valence-electron chi connectivity index (χ1n) is 22.9. The summed E-state index contributed by atoms with van der Waals surface area (Å²) in [7, 11) is 0. The summed E-state index contributed by atoms with van der Waals surface area (Å²) in [6.07, 6.45) is 0.405. The Morgan fingerprint density at radius 2 is 1.21 bits per heavy atom. The summed E-state index contributed by atoms with van der Waals surface area (Å²) in [5, 5.41) is 111. The molecule has 77 heavy (non-hydrogen) atoms. The van der Waals surface area contributed by atoms with Crippen LogP contribution in [-0.2, 0) is 4.79 Å². The predicted molar refractivity (Wildman–Crippen MR) is 302 cm³/mol. The summed E-state index contributed by atoms with van der Waals surface area (Å²) in [6.45, 7) is 10.1. The van der Waals surface area contributed by atoms with Crippen molar-refractivity contribution in [2.75, 3.05) is 6.54 Å². The van der Waals surface area contributed by atoms with Gasteiger partial charge in [0.1, 0.15) is 94.2 Å². The predicted octanol–water partition coefficient (Wildman–Crippen LogP) is 8.87. The van der Waals surface area contributed by atoms with Crippen LogP contribution in [-0.4, -0.2) is 152 Å². The number of rotatable bonds is 10. The fraction of sp³-hybridized carbons (Fsp3) is 0.292. The van der Waals surface area contributed by atoms with Crippen LogP contribution in [0.4, 0.5) is 0 Å². The highest BCUT2D eigenvalue weighted by Crippen LogP contribution is 2.39. The summed E-state index contributed by atoms with van der Waals surface area (Å²) < 4.78 is 0. The summed E-state index contributed by atoms with van der Waals surface area (Å²) in [4.78, 5) is 69.4. The molecule has 5 unspecified atom stereocenters. The average molecular weight is 1160 g/mol. The van der Waals surface area contributed by atoms with Crippen LogP contribution in [0, 0.1) is 0 Å². The van der Waals surface area contributed by atoms with Crippen molar-refractivity contribution < 1.29 is 50.8 Å². The van der Waals surface area contributed by atoms with Gasteiger partial charge in [0.05, 0.1) is 29.2 Å². The second-order valence-electron chi connectivity index (χ2n) is 17.3. The summed E-state index contributed by atoms with van der Waals surface area (Å²) in [5.74, 6) is -3.70. The van der Waals surface area contributed by atoms with Gasteiger partial charge < -0.3 is 46.0 Å². The number of aromatic nitrogens is 7. The molecule has 29 heteroatoms. The van der Waals surface area contributed by atoms with Crippen molar-refractivity contribution in [1.82, 2.24) is 34.9 Å². The van der Waals surface area contributed by atoms with Crippen LogP contribution in [0.1, 0.15) is 98.3 Å². The van der Waals surface area contributed by atoms with Gasteiger partial charge in [-0.05, 0) is 60.6 Å². The molecule has 5 atom stereocenters. The highest BCUT2D eigenvalue weighted by molar-refractivity contribution is 7.15. The van der Waals surface area contributed by atoms with Gasteiger partial charge in [0, 0.05) is 37.8 Å². The van der Waals surface area contributed by atoms with Gasteiger partial charge in [0.15, 0.2) is 11.8 Å². The molecule has 7 aromatic rings. The van der Waals surface area contributed by atoms with Crippen LogP contribution >= 0.6 is 68.0 Å². The minimum Gasteiger partial charge on any atom is -0.495 e. The van der Waals surface area contributed by atoms with E-state index in [1.54, 1.807) is 42.1 Å². The first-order valence-corrected chi connectivity index (χ1v) is 28.2. The Bertz CT molecular complexity index is 3590. The van der Waals surface area contributed by atoms with Gasteiger partial charge in [-0.15, -0.1) is 68.0 Å². The Morgan fingerprint density at radius 1 is 0.662 bits per heavy atom. The van der Waals surface area contributed by atoms with E-state index in [9.17, 15) is 50.8 Å². The van der Waals surface area contributed by atoms with E-state index in [-0.39, 0.29) is 61.5 Å². The highest BCUT2D eigenvalue weighted by atomic mass is 32.1. The summed E-state index contributed by atoms with van der Waals surface area (Å²) >= 11 is 6.79. The molecule has 0 aliphatic carbocycles. The molecule has 0 radical (unpaired) electrons. The molecule has 1 aliphatic rings. The smallest absolute Gasteiger partial charge is 0.239 e. The molecule has 0 saturated heterocycles. The number of aliphatic hydroxyl groups excluding tert-OH is 8. The monoisotopic (exact) mass is 1160 g/mol. The lowest BCUT2D eigenvalue weighted by molar-refractivity contribution is -0.115. The van der Waals surface area contributed by atoms with Crippen molar-refractivity contribution in [3.05, 3.63) is 100 Å². The van der Waals surface area contributed by atoms with E-state index in [1.807, 2.05) is 0 Å². The number of carbonyl (C=O) groups excluding carboxylic acids is 1. The number of nitrogens with zero attached hydrogens (tertiary/aromatic N) is 13. The molecule has 8 bridgehead atoms. The van der Waals surface area contributed by atoms with Gasteiger partial charge in [-0.25, -0.2) is 64.8 Å². The van der Waals surface area contributed by atoms with E-state index >= 15 is 0 Å². The van der Waals surface area contributed by atoms with Crippen molar-refractivity contribution in [2.45, 2.75) is 84.4 Å². The average Bonchev–Trinajstić information content (AvgIpc) is 4.26. The van der Waals surface area contributed by atoms with Gasteiger partial charge in [0.25, 0.3) is 0 Å². The molecule has 9 N–H and O–H groups in total. The topological polar surface area (TPSA) is 364 Å². The van der Waals surface area contributed by atoms with Crippen LogP contribution in [0.5, 0.6) is 0 Å². The van der Waals surface area contributed by atoms with Gasteiger partial charge >= 0.3 is 0 Å². The van der Waals surface area contributed by atoms with E-state index in [4.69, 9.17) is 15.0 Å². The zero-order valence-corrected chi connectivity index (χ0v) is 46.5. The minimum atomic E-state index is -1.60. The lowest BCUT2D eigenvalue weighted by atomic mass is 10.00. The Morgan fingerprint density at radius 3 is 1.87 bits per heavy atom. The lowest BCUT2D eigenvalue weighted by Crippen LogP contribution is -2.31.